The van der Waals surface area contributed by atoms with Crippen LogP contribution in [0.25, 0.3) is 10.9 Å². The van der Waals surface area contributed by atoms with E-state index in [4.69, 9.17) is 0 Å². The van der Waals surface area contributed by atoms with Gasteiger partial charge in [0.1, 0.15) is 5.69 Å². The first-order valence-corrected chi connectivity index (χ1v) is 8.35. The summed E-state index contributed by atoms with van der Waals surface area (Å²) in [6.45, 7) is 0.817. The molecule has 4 rings (SSSR count). The monoisotopic (exact) mass is 320 g/mol. The molecule has 1 aliphatic carbocycles. The van der Waals surface area contributed by atoms with E-state index < -0.39 is 0 Å². The minimum atomic E-state index is -0.0807. The molecule has 0 radical (unpaired) electrons. The smallest absolute Gasteiger partial charge is 0.270 e. The number of benzene rings is 1. The Balaban J connectivity index is 1.33. The zero-order chi connectivity index (χ0) is 16.4. The Hall–Kier alpha value is -2.82. The minimum Gasteiger partial charge on any atom is -0.383 e. The van der Waals surface area contributed by atoms with Crippen LogP contribution >= 0.6 is 0 Å². The van der Waals surface area contributed by atoms with E-state index in [9.17, 15) is 4.79 Å². The fourth-order valence-corrected chi connectivity index (χ4v) is 2.80. The van der Waals surface area contributed by atoms with Crippen LogP contribution in [0.4, 0.5) is 5.69 Å². The lowest BCUT2D eigenvalue weighted by atomic mass is 10.1. The number of carbonyl (C=O) groups excluding carboxylic acids is 1. The predicted octanol–water partition coefficient (Wildman–Crippen LogP) is 3.11. The summed E-state index contributed by atoms with van der Waals surface area (Å²) in [5.41, 5.74) is 3.87. The van der Waals surface area contributed by atoms with Gasteiger partial charge in [-0.1, -0.05) is 18.2 Å². The molecule has 3 N–H and O–H groups in total. The van der Waals surface area contributed by atoms with Crippen molar-refractivity contribution in [2.24, 2.45) is 0 Å². The molecule has 24 heavy (non-hydrogen) atoms. The fourth-order valence-electron chi connectivity index (χ4n) is 2.80. The lowest BCUT2D eigenvalue weighted by molar-refractivity contribution is 0.0946. The van der Waals surface area contributed by atoms with Crippen molar-refractivity contribution in [3.05, 3.63) is 60.0 Å². The second-order valence-electron chi connectivity index (χ2n) is 6.22. The number of para-hydroxylation sites is 1. The van der Waals surface area contributed by atoms with E-state index in [1.807, 2.05) is 12.1 Å². The van der Waals surface area contributed by atoms with E-state index in [-0.39, 0.29) is 5.91 Å². The van der Waals surface area contributed by atoms with E-state index in [2.05, 4.69) is 45.0 Å². The molecule has 2 heterocycles. The molecule has 1 amide bonds. The Morgan fingerprint density at radius 3 is 2.88 bits per heavy atom. The van der Waals surface area contributed by atoms with Gasteiger partial charge in [-0.05, 0) is 43.0 Å². The number of anilines is 1. The maximum atomic E-state index is 11.9. The Labute approximate surface area is 140 Å². The quantitative estimate of drug-likeness (QED) is 0.653. The number of nitrogens with one attached hydrogen (secondary N) is 3. The maximum Gasteiger partial charge on any atom is 0.270 e. The summed E-state index contributed by atoms with van der Waals surface area (Å²) in [4.78, 5) is 19.4. The summed E-state index contributed by atoms with van der Waals surface area (Å²) in [6.07, 6.45) is 6.87. The average Bonchev–Trinajstić information content (AvgIpc) is 3.34. The van der Waals surface area contributed by atoms with Crippen LogP contribution in [0.1, 0.15) is 28.9 Å². The Morgan fingerprint density at radius 1 is 1.21 bits per heavy atom. The molecule has 1 fully saturated rings. The van der Waals surface area contributed by atoms with E-state index in [1.54, 1.807) is 12.3 Å². The number of aromatic nitrogens is 2. The Morgan fingerprint density at radius 2 is 2.08 bits per heavy atom. The topological polar surface area (TPSA) is 69.8 Å². The molecular weight excluding hydrogens is 300 g/mol. The summed E-state index contributed by atoms with van der Waals surface area (Å²) in [5, 5.41) is 7.57. The molecule has 3 aromatic rings. The number of hydrogen-bond donors (Lipinski definition) is 3. The molecule has 1 saturated carbocycles. The number of rotatable bonds is 6. The third-order valence-electron chi connectivity index (χ3n) is 4.31. The van der Waals surface area contributed by atoms with Crippen LogP contribution in [-0.4, -0.2) is 28.5 Å². The van der Waals surface area contributed by atoms with Gasteiger partial charge in [0.2, 0.25) is 0 Å². The van der Waals surface area contributed by atoms with Crippen LogP contribution in [0, 0.1) is 0 Å². The van der Waals surface area contributed by atoms with Crippen molar-refractivity contribution >= 4 is 22.5 Å². The van der Waals surface area contributed by atoms with Gasteiger partial charge in [-0.15, -0.1) is 0 Å². The molecule has 5 heteroatoms. The number of pyridine rings is 1. The molecule has 0 bridgehead atoms. The minimum absolute atomic E-state index is 0.0807. The van der Waals surface area contributed by atoms with Crippen molar-refractivity contribution in [1.82, 2.24) is 15.3 Å². The highest BCUT2D eigenvalue weighted by Gasteiger charge is 2.24. The molecule has 1 aromatic carbocycles. The number of H-pyrrole nitrogens is 1. The lowest BCUT2D eigenvalue weighted by Gasteiger charge is -2.07. The van der Waals surface area contributed by atoms with Crippen molar-refractivity contribution in [3.63, 3.8) is 0 Å². The zero-order valence-electron chi connectivity index (χ0n) is 13.4. The van der Waals surface area contributed by atoms with Crippen LogP contribution in [0.2, 0.25) is 0 Å². The molecule has 0 atom stereocenters. The van der Waals surface area contributed by atoms with Gasteiger partial charge < -0.3 is 15.6 Å². The van der Waals surface area contributed by atoms with Crippen molar-refractivity contribution in [1.29, 1.82) is 0 Å². The number of carbonyl (C=O) groups is 1. The number of fused-ring (bicyclic) bond motifs is 1. The van der Waals surface area contributed by atoms with Gasteiger partial charge in [0.15, 0.2) is 0 Å². The van der Waals surface area contributed by atoms with Crippen molar-refractivity contribution < 1.29 is 4.79 Å². The predicted molar refractivity (Wildman–Crippen MR) is 95.2 cm³/mol. The highest BCUT2D eigenvalue weighted by molar-refractivity contribution is 5.92. The molecule has 0 unspecified atom stereocenters. The molecule has 0 spiro atoms. The molecule has 5 nitrogen and oxygen atoms in total. The number of hydrogen-bond acceptors (Lipinski definition) is 3. The standard InChI is InChI=1S/C19H20N4O/c24-19(23-14-5-6-14)18-8-7-15(12-22-18)20-10-9-13-11-21-17-4-2-1-3-16(13)17/h1-4,7-8,11-12,14,20-21H,5-6,9-10H2,(H,23,24). The second kappa shape index (κ2) is 6.35. The Kier molecular flexibility index (Phi) is 3.91. The summed E-state index contributed by atoms with van der Waals surface area (Å²) in [6, 6.07) is 12.3. The van der Waals surface area contributed by atoms with Crippen LogP contribution in [0.3, 0.4) is 0 Å². The summed E-state index contributed by atoms with van der Waals surface area (Å²) >= 11 is 0. The van der Waals surface area contributed by atoms with Crippen LogP contribution in [0.5, 0.6) is 0 Å². The van der Waals surface area contributed by atoms with Crippen LogP contribution in [-0.2, 0) is 6.42 Å². The fraction of sp³-hybridized carbons (Fsp3) is 0.263. The van der Waals surface area contributed by atoms with Gasteiger partial charge in [-0.2, -0.15) is 0 Å². The Bertz CT molecular complexity index is 849. The zero-order valence-corrected chi connectivity index (χ0v) is 13.4. The van der Waals surface area contributed by atoms with E-state index in [0.717, 1.165) is 31.5 Å². The first-order chi connectivity index (χ1) is 11.8. The van der Waals surface area contributed by atoms with Crippen LogP contribution < -0.4 is 10.6 Å². The van der Waals surface area contributed by atoms with E-state index >= 15 is 0 Å². The maximum absolute atomic E-state index is 11.9. The highest BCUT2D eigenvalue weighted by Crippen LogP contribution is 2.20. The van der Waals surface area contributed by atoms with Crippen LogP contribution in [0.15, 0.2) is 48.8 Å². The first-order valence-electron chi connectivity index (χ1n) is 8.35. The number of nitrogens with zero attached hydrogens (tertiary/aromatic N) is 1. The molecule has 0 saturated heterocycles. The third-order valence-corrected chi connectivity index (χ3v) is 4.31. The molecular formula is C19H20N4O. The van der Waals surface area contributed by atoms with E-state index in [0.29, 0.717) is 11.7 Å². The number of amides is 1. The first kappa shape index (κ1) is 14.8. The van der Waals surface area contributed by atoms with Gasteiger partial charge in [0, 0.05) is 29.7 Å². The van der Waals surface area contributed by atoms with Gasteiger partial charge in [0.05, 0.1) is 11.9 Å². The third kappa shape index (κ3) is 3.25. The summed E-state index contributed by atoms with van der Waals surface area (Å²) in [7, 11) is 0. The molecule has 122 valence electrons. The molecule has 0 aliphatic heterocycles. The van der Waals surface area contributed by atoms with Gasteiger partial charge in [-0.3, -0.25) is 4.79 Å². The van der Waals surface area contributed by atoms with Crippen molar-refractivity contribution in [3.8, 4) is 0 Å². The normalized spacial score (nSPS) is 13.8. The average molecular weight is 320 g/mol. The van der Waals surface area contributed by atoms with Gasteiger partial charge in [-0.25, -0.2) is 4.98 Å². The summed E-state index contributed by atoms with van der Waals surface area (Å²) in [5.74, 6) is -0.0807. The summed E-state index contributed by atoms with van der Waals surface area (Å²) < 4.78 is 0. The molecule has 2 aromatic heterocycles. The lowest BCUT2D eigenvalue weighted by Crippen LogP contribution is -2.26. The van der Waals surface area contributed by atoms with E-state index in [1.165, 1.54) is 16.5 Å². The van der Waals surface area contributed by atoms with Gasteiger partial charge >= 0.3 is 0 Å². The SMILES string of the molecule is O=C(NC1CC1)c1ccc(NCCc2c[nH]c3ccccc23)cn1. The van der Waals surface area contributed by atoms with Crippen molar-refractivity contribution in [2.45, 2.75) is 25.3 Å². The second-order valence-corrected chi connectivity index (χ2v) is 6.22. The molecule has 1 aliphatic rings. The van der Waals surface area contributed by atoms with Crippen molar-refractivity contribution in [2.75, 3.05) is 11.9 Å². The number of aromatic amines is 1. The largest absolute Gasteiger partial charge is 0.383 e. The van der Waals surface area contributed by atoms with Gasteiger partial charge in [0.25, 0.3) is 5.91 Å². The highest BCUT2D eigenvalue weighted by atomic mass is 16.2.